The molecule has 0 saturated carbocycles. The van der Waals surface area contributed by atoms with Crippen LogP contribution in [0.5, 0.6) is 11.5 Å². The summed E-state index contributed by atoms with van der Waals surface area (Å²) in [5.74, 6) is 1.69. The van der Waals surface area contributed by atoms with Gasteiger partial charge in [-0.3, -0.25) is 9.88 Å². The number of hydrogen-bond acceptors (Lipinski definition) is 4. The van der Waals surface area contributed by atoms with E-state index < -0.39 is 0 Å². The molecule has 0 amide bonds. The highest BCUT2D eigenvalue weighted by Gasteiger charge is 2.07. The maximum Gasteiger partial charge on any atom is 0.127 e. The fourth-order valence-corrected chi connectivity index (χ4v) is 2.73. The van der Waals surface area contributed by atoms with Crippen LogP contribution in [-0.2, 0) is 13.1 Å². The smallest absolute Gasteiger partial charge is 0.127 e. The van der Waals surface area contributed by atoms with Crippen LogP contribution in [0.4, 0.5) is 0 Å². The zero-order chi connectivity index (χ0) is 17.3. The fraction of sp³-hybridized carbons (Fsp3) is 0.190. The Morgan fingerprint density at radius 3 is 2.28 bits per heavy atom. The first-order valence-corrected chi connectivity index (χ1v) is 8.46. The molecule has 0 bridgehead atoms. The molecule has 4 heteroatoms. The Bertz CT molecular complexity index is 762. The molecule has 0 radical (unpaired) electrons. The first-order valence-electron chi connectivity index (χ1n) is 8.46. The van der Waals surface area contributed by atoms with Crippen molar-refractivity contribution in [2.75, 3.05) is 13.1 Å². The average molecular weight is 333 g/mol. The number of nitrogens with two attached hydrogens (primary N) is 1. The van der Waals surface area contributed by atoms with Crippen LogP contribution in [0.1, 0.15) is 11.1 Å². The number of aromatic nitrogens is 1. The fourth-order valence-electron chi connectivity index (χ4n) is 2.73. The van der Waals surface area contributed by atoms with Gasteiger partial charge in [0.15, 0.2) is 0 Å². The van der Waals surface area contributed by atoms with E-state index in [1.165, 1.54) is 11.1 Å². The van der Waals surface area contributed by atoms with Gasteiger partial charge in [0, 0.05) is 38.6 Å². The maximum atomic E-state index is 5.93. The predicted molar refractivity (Wildman–Crippen MR) is 100 cm³/mol. The molecule has 0 aliphatic carbocycles. The van der Waals surface area contributed by atoms with E-state index in [4.69, 9.17) is 10.5 Å². The normalized spacial score (nSPS) is 10.8. The number of benzene rings is 2. The molecule has 0 fully saturated rings. The second-order valence-corrected chi connectivity index (χ2v) is 5.92. The number of hydrogen-bond donors (Lipinski definition) is 1. The average Bonchev–Trinajstić information content (AvgIpc) is 2.64. The van der Waals surface area contributed by atoms with E-state index in [9.17, 15) is 0 Å². The predicted octanol–water partition coefficient (Wildman–Crippen LogP) is 3.83. The van der Waals surface area contributed by atoms with Crippen LogP contribution in [0, 0.1) is 0 Å². The number of nitrogens with zero attached hydrogens (tertiary/aromatic N) is 2. The monoisotopic (exact) mass is 333 g/mol. The van der Waals surface area contributed by atoms with Crippen molar-refractivity contribution in [2.45, 2.75) is 13.1 Å². The first kappa shape index (κ1) is 17.1. The van der Waals surface area contributed by atoms with Gasteiger partial charge in [0.1, 0.15) is 11.5 Å². The summed E-state index contributed by atoms with van der Waals surface area (Å²) in [6, 6.07) is 22.1. The second kappa shape index (κ2) is 8.97. The summed E-state index contributed by atoms with van der Waals surface area (Å²) >= 11 is 0. The molecule has 128 valence electrons. The third-order valence-corrected chi connectivity index (χ3v) is 3.88. The van der Waals surface area contributed by atoms with Gasteiger partial charge in [-0.15, -0.1) is 0 Å². The number of ether oxygens (including phenoxy) is 1. The summed E-state index contributed by atoms with van der Waals surface area (Å²) in [5, 5.41) is 0. The second-order valence-electron chi connectivity index (χ2n) is 5.92. The van der Waals surface area contributed by atoms with Crippen LogP contribution < -0.4 is 10.5 Å². The van der Waals surface area contributed by atoms with E-state index in [1.807, 2.05) is 67.0 Å². The van der Waals surface area contributed by atoms with Gasteiger partial charge in [0.25, 0.3) is 0 Å². The molecule has 0 saturated heterocycles. The van der Waals surface area contributed by atoms with E-state index in [-0.39, 0.29) is 0 Å². The topological polar surface area (TPSA) is 51.4 Å². The summed E-state index contributed by atoms with van der Waals surface area (Å²) in [7, 11) is 0. The van der Waals surface area contributed by atoms with Crippen LogP contribution in [0.15, 0.2) is 79.1 Å². The summed E-state index contributed by atoms with van der Waals surface area (Å²) in [6.45, 7) is 3.15. The number of rotatable bonds is 8. The summed E-state index contributed by atoms with van der Waals surface area (Å²) in [4.78, 5) is 6.40. The highest BCUT2D eigenvalue weighted by molar-refractivity contribution is 5.33. The van der Waals surface area contributed by atoms with E-state index >= 15 is 0 Å². The van der Waals surface area contributed by atoms with Gasteiger partial charge in [-0.2, -0.15) is 0 Å². The zero-order valence-corrected chi connectivity index (χ0v) is 14.2. The Morgan fingerprint density at radius 2 is 1.52 bits per heavy atom. The van der Waals surface area contributed by atoms with Gasteiger partial charge in [-0.05, 0) is 47.5 Å². The molecule has 2 N–H and O–H groups in total. The summed E-state index contributed by atoms with van der Waals surface area (Å²) < 4.78 is 5.93. The lowest BCUT2D eigenvalue weighted by Crippen LogP contribution is -2.28. The molecule has 0 spiro atoms. The van der Waals surface area contributed by atoms with Crippen molar-refractivity contribution in [2.24, 2.45) is 5.73 Å². The molecule has 25 heavy (non-hydrogen) atoms. The van der Waals surface area contributed by atoms with E-state index in [2.05, 4.69) is 22.0 Å². The summed E-state index contributed by atoms with van der Waals surface area (Å²) in [5.41, 5.74) is 8.23. The lowest BCUT2D eigenvalue weighted by atomic mass is 10.1. The third kappa shape index (κ3) is 5.41. The van der Waals surface area contributed by atoms with Crippen LogP contribution in [0.25, 0.3) is 0 Å². The van der Waals surface area contributed by atoms with Crippen molar-refractivity contribution in [3.8, 4) is 11.5 Å². The molecule has 1 heterocycles. The number of pyridine rings is 1. The van der Waals surface area contributed by atoms with Gasteiger partial charge in [-0.1, -0.05) is 30.3 Å². The molecule has 0 aliphatic heterocycles. The van der Waals surface area contributed by atoms with Crippen molar-refractivity contribution in [1.82, 2.24) is 9.88 Å². The number of para-hydroxylation sites is 1. The van der Waals surface area contributed by atoms with E-state index in [0.29, 0.717) is 6.54 Å². The minimum absolute atomic E-state index is 0.630. The van der Waals surface area contributed by atoms with Crippen molar-refractivity contribution in [3.63, 3.8) is 0 Å². The third-order valence-electron chi connectivity index (χ3n) is 3.88. The van der Waals surface area contributed by atoms with Crippen LogP contribution >= 0.6 is 0 Å². The van der Waals surface area contributed by atoms with Crippen molar-refractivity contribution in [3.05, 3.63) is 90.3 Å². The highest BCUT2D eigenvalue weighted by atomic mass is 16.5. The standard InChI is InChI=1S/C21H23N3O/c22-11-14-24(16-18-9-12-23-13-10-18)17-19-5-4-8-21(15-19)25-20-6-2-1-3-7-20/h1-10,12-13,15H,11,14,16-17,22H2. The lowest BCUT2D eigenvalue weighted by Gasteiger charge is -2.22. The Hall–Kier alpha value is -2.69. The lowest BCUT2D eigenvalue weighted by molar-refractivity contribution is 0.264. The molecule has 4 nitrogen and oxygen atoms in total. The van der Waals surface area contributed by atoms with Crippen LogP contribution in [-0.4, -0.2) is 23.0 Å². The SMILES string of the molecule is NCCN(Cc1ccncc1)Cc1cccc(Oc2ccccc2)c1. The van der Waals surface area contributed by atoms with Crippen molar-refractivity contribution >= 4 is 0 Å². The molecule has 2 aromatic carbocycles. The molecule has 3 rings (SSSR count). The minimum Gasteiger partial charge on any atom is -0.457 e. The van der Waals surface area contributed by atoms with Gasteiger partial charge in [0.2, 0.25) is 0 Å². The maximum absolute atomic E-state index is 5.93. The molecular weight excluding hydrogens is 310 g/mol. The summed E-state index contributed by atoms with van der Waals surface area (Å²) in [6.07, 6.45) is 3.65. The molecule has 0 aliphatic rings. The Kier molecular flexibility index (Phi) is 6.15. The minimum atomic E-state index is 0.630. The van der Waals surface area contributed by atoms with Crippen LogP contribution in [0.3, 0.4) is 0 Å². The zero-order valence-electron chi connectivity index (χ0n) is 14.2. The Labute approximate surface area is 148 Å². The Balaban J connectivity index is 1.68. The van der Waals surface area contributed by atoms with Crippen LogP contribution in [0.2, 0.25) is 0 Å². The molecular formula is C21H23N3O. The largest absolute Gasteiger partial charge is 0.457 e. The van der Waals surface area contributed by atoms with Gasteiger partial charge < -0.3 is 10.5 Å². The van der Waals surface area contributed by atoms with Gasteiger partial charge >= 0.3 is 0 Å². The molecule has 0 unspecified atom stereocenters. The molecule has 1 aromatic heterocycles. The first-order chi connectivity index (χ1) is 12.3. The van der Waals surface area contributed by atoms with Gasteiger partial charge in [0.05, 0.1) is 0 Å². The van der Waals surface area contributed by atoms with Crippen molar-refractivity contribution in [1.29, 1.82) is 0 Å². The Morgan fingerprint density at radius 1 is 0.800 bits per heavy atom. The van der Waals surface area contributed by atoms with Gasteiger partial charge in [-0.25, -0.2) is 0 Å². The molecule has 0 atom stereocenters. The quantitative estimate of drug-likeness (QED) is 0.680. The van der Waals surface area contributed by atoms with Crippen molar-refractivity contribution < 1.29 is 4.74 Å². The van der Waals surface area contributed by atoms with E-state index in [0.717, 1.165) is 31.1 Å². The molecule has 3 aromatic rings. The van der Waals surface area contributed by atoms with E-state index in [1.54, 1.807) is 0 Å². The highest BCUT2D eigenvalue weighted by Crippen LogP contribution is 2.22.